The van der Waals surface area contributed by atoms with Gasteiger partial charge in [-0.2, -0.15) is 13.2 Å². The van der Waals surface area contributed by atoms with Gasteiger partial charge in [0.05, 0.1) is 24.0 Å². The highest BCUT2D eigenvalue weighted by atomic mass is 19.4. The van der Waals surface area contributed by atoms with Crippen LogP contribution in [0.1, 0.15) is 53.7 Å². The van der Waals surface area contributed by atoms with Crippen LogP contribution in [0, 0.1) is 0 Å². The Hall–Kier alpha value is -3.05. The Balaban J connectivity index is 1.24. The highest BCUT2D eigenvalue weighted by Gasteiger charge is 2.39. The van der Waals surface area contributed by atoms with Gasteiger partial charge in [0.1, 0.15) is 5.60 Å². The molecule has 2 amide bonds. The predicted molar refractivity (Wildman–Crippen MR) is 125 cm³/mol. The van der Waals surface area contributed by atoms with E-state index in [1.807, 2.05) is 0 Å². The number of likely N-dealkylation sites (N-methyl/N-ethyl adjacent to an activating group) is 1. The van der Waals surface area contributed by atoms with E-state index in [-0.39, 0.29) is 24.1 Å². The van der Waals surface area contributed by atoms with Crippen LogP contribution in [0.25, 0.3) is 0 Å². The molecule has 2 aliphatic rings. The zero-order chi connectivity index (χ0) is 25.9. The average Bonchev–Trinajstić information content (AvgIpc) is 3.32. The fraction of sp³-hybridized carbons (Fsp3) is 0.520. The summed E-state index contributed by atoms with van der Waals surface area (Å²) in [5.41, 5.74) is -1.39. The highest BCUT2D eigenvalue weighted by molar-refractivity contribution is 5.96. The quantitative estimate of drug-likeness (QED) is 0.626. The Bertz CT molecular complexity index is 1070. The van der Waals surface area contributed by atoms with Crippen LogP contribution in [0.2, 0.25) is 0 Å². The Morgan fingerprint density at radius 2 is 1.97 bits per heavy atom. The maximum Gasteiger partial charge on any atom is 0.416 e. The SMILES string of the molecule is CN(CC(=O)N[C@@H]1CCN(C2CCC(O)(c3cnccn3)CC2)C1)C(=O)c1cccc(C(F)(F)F)c1. The lowest BCUT2D eigenvalue weighted by molar-refractivity contribution is -0.137. The van der Waals surface area contributed by atoms with Gasteiger partial charge in [0, 0.05) is 50.2 Å². The molecule has 2 fully saturated rings. The molecule has 1 aliphatic heterocycles. The van der Waals surface area contributed by atoms with Crippen LogP contribution in [0.15, 0.2) is 42.9 Å². The molecule has 1 saturated heterocycles. The van der Waals surface area contributed by atoms with Crippen LogP contribution >= 0.6 is 0 Å². The lowest BCUT2D eigenvalue weighted by atomic mass is 9.80. The molecule has 2 aromatic rings. The summed E-state index contributed by atoms with van der Waals surface area (Å²) in [5.74, 6) is -1.01. The van der Waals surface area contributed by atoms with Gasteiger partial charge in [0.15, 0.2) is 0 Å². The summed E-state index contributed by atoms with van der Waals surface area (Å²) < 4.78 is 38.8. The van der Waals surface area contributed by atoms with Gasteiger partial charge in [-0.15, -0.1) is 0 Å². The predicted octanol–water partition coefficient (Wildman–Crippen LogP) is 2.59. The number of likely N-dealkylation sites (tertiary alicyclic amines) is 1. The van der Waals surface area contributed by atoms with E-state index in [0.717, 1.165) is 42.8 Å². The van der Waals surface area contributed by atoms with Crippen molar-refractivity contribution in [2.45, 2.75) is 56.0 Å². The van der Waals surface area contributed by atoms with Crippen molar-refractivity contribution in [3.8, 4) is 0 Å². The highest BCUT2D eigenvalue weighted by Crippen LogP contribution is 2.38. The van der Waals surface area contributed by atoms with Crippen LogP contribution in [-0.2, 0) is 16.6 Å². The number of hydrogen-bond donors (Lipinski definition) is 2. The number of carbonyl (C=O) groups is 2. The molecule has 4 rings (SSSR count). The summed E-state index contributed by atoms with van der Waals surface area (Å²) >= 11 is 0. The molecule has 8 nitrogen and oxygen atoms in total. The fourth-order valence-corrected chi connectivity index (χ4v) is 5.09. The van der Waals surface area contributed by atoms with Crippen molar-refractivity contribution in [3.63, 3.8) is 0 Å². The van der Waals surface area contributed by atoms with E-state index in [1.165, 1.54) is 19.2 Å². The van der Waals surface area contributed by atoms with Crippen LogP contribution in [0.5, 0.6) is 0 Å². The molecule has 0 spiro atoms. The first kappa shape index (κ1) is 26.0. The number of hydrogen-bond acceptors (Lipinski definition) is 6. The van der Waals surface area contributed by atoms with E-state index in [9.17, 15) is 27.9 Å². The van der Waals surface area contributed by atoms with E-state index >= 15 is 0 Å². The van der Waals surface area contributed by atoms with Crippen molar-refractivity contribution in [2.24, 2.45) is 0 Å². The summed E-state index contributed by atoms with van der Waals surface area (Å²) in [7, 11) is 1.39. The van der Waals surface area contributed by atoms with Gasteiger partial charge >= 0.3 is 6.18 Å². The minimum Gasteiger partial charge on any atom is -0.383 e. The fourth-order valence-electron chi connectivity index (χ4n) is 5.09. The molecule has 1 aliphatic carbocycles. The monoisotopic (exact) mass is 505 g/mol. The first-order valence-electron chi connectivity index (χ1n) is 12.0. The molecule has 36 heavy (non-hydrogen) atoms. The Kier molecular flexibility index (Phi) is 7.60. The zero-order valence-corrected chi connectivity index (χ0v) is 20.0. The van der Waals surface area contributed by atoms with Crippen molar-refractivity contribution in [2.75, 3.05) is 26.7 Å². The molecule has 1 aromatic heterocycles. The molecule has 1 aromatic carbocycles. The van der Waals surface area contributed by atoms with Crippen molar-refractivity contribution < 1.29 is 27.9 Å². The second-order valence-electron chi connectivity index (χ2n) is 9.64. The van der Waals surface area contributed by atoms with Crippen molar-refractivity contribution in [3.05, 3.63) is 59.7 Å². The number of amides is 2. The number of halogens is 3. The lowest BCUT2D eigenvalue weighted by Crippen LogP contribution is -2.46. The van der Waals surface area contributed by atoms with Crippen LogP contribution in [0.3, 0.4) is 0 Å². The van der Waals surface area contributed by atoms with Gasteiger partial charge in [-0.1, -0.05) is 6.07 Å². The van der Waals surface area contributed by atoms with Gasteiger partial charge in [-0.25, -0.2) is 0 Å². The Morgan fingerprint density at radius 3 is 2.64 bits per heavy atom. The van der Waals surface area contributed by atoms with Gasteiger partial charge in [-0.3, -0.25) is 24.5 Å². The van der Waals surface area contributed by atoms with Crippen LogP contribution < -0.4 is 5.32 Å². The number of aromatic nitrogens is 2. The Morgan fingerprint density at radius 1 is 1.22 bits per heavy atom. The third-order valence-electron chi connectivity index (χ3n) is 7.09. The number of rotatable bonds is 6. The summed E-state index contributed by atoms with van der Waals surface area (Å²) in [4.78, 5) is 36.9. The average molecular weight is 506 g/mol. The normalized spacial score (nSPS) is 24.9. The van der Waals surface area contributed by atoms with Crippen molar-refractivity contribution >= 4 is 11.8 Å². The zero-order valence-electron chi connectivity index (χ0n) is 20.0. The second-order valence-corrected chi connectivity index (χ2v) is 9.64. The van der Waals surface area contributed by atoms with Crippen LogP contribution in [-0.4, -0.2) is 75.5 Å². The molecule has 11 heteroatoms. The molecule has 0 bridgehead atoms. The molecule has 1 saturated carbocycles. The smallest absolute Gasteiger partial charge is 0.383 e. The van der Waals surface area contributed by atoms with E-state index in [2.05, 4.69) is 20.2 Å². The van der Waals surface area contributed by atoms with Crippen molar-refractivity contribution in [1.29, 1.82) is 0 Å². The molecule has 2 N–H and O–H groups in total. The van der Waals surface area contributed by atoms with E-state index in [1.54, 1.807) is 18.6 Å². The summed E-state index contributed by atoms with van der Waals surface area (Å²) in [6, 6.07) is 4.40. The maximum absolute atomic E-state index is 12.9. The molecule has 1 atom stereocenters. The molecule has 194 valence electrons. The van der Waals surface area contributed by atoms with Gasteiger partial charge < -0.3 is 15.3 Å². The van der Waals surface area contributed by atoms with E-state index < -0.39 is 23.2 Å². The summed E-state index contributed by atoms with van der Waals surface area (Å²) in [5, 5.41) is 13.9. The summed E-state index contributed by atoms with van der Waals surface area (Å²) in [6.07, 6.45) is 3.78. The lowest BCUT2D eigenvalue weighted by Gasteiger charge is -2.39. The van der Waals surface area contributed by atoms with Gasteiger partial charge in [0.25, 0.3) is 5.91 Å². The molecule has 0 radical (unpaired) electrons. The number of carbonyl (C=O) groups excluding carboxylic acids is 2. The Labute approximate surface area is 207 Å². The standard InChI is InChI=1S/C25H30F3N5O3/c1-32(23(35)17-3-2-4-18(13-17)25(26,27)28)16-22(34)31-19-7-12-33(15-19)20-5-8-24(36,9-6-20)21-14-29-10-11-30-21/h2-4,10-11,13-14,19-20,36H,5-9,12,15-16H2,1H3,(H,31,34)/t19-,20?,24?/m1/s1. The molecular formula is C25H30F3N5O3. The molecule has 2 heterocycles. The molecular weight excluding hydrogens is 475 g/mol. The topological polar surface area (TPSA) is 98.7 Å². The van der Waals surface area contributed by atoms with Gasteiger partial charge in [-0.05, 0) is 50.3 Å². The largest absolute Gasteiger partial charge is 0.416 e. The number of nitrogens with one attached hydrogen (secondary N) is 1. The number of benzene rings is 1. The van der Waals surface area contributed by atoms with Crippen molar-refractivity contribution in [1.82, 2.24) is 25.1 Å². The number of aliphatic hydroxyl groups is 1. The third-order valence-corrected chi connectivity index (χ3v) is 7.09. The third kappa shape index (κ3) is 6.01. The first-order chi connectivity index (χ1) is 17.0. The maximum atomic E-state index is 12.9. The first-order valence-corrected chi connectivity index (χ1v) is 12.0. The molecule has 0 unspecified atom stereocenters. The summed E-state index contributed by atoms with van der Waals surface area (Å²) in [6.45, 7) is 1.24. The minimum atomic E-state index is -4.55. The second kappa shape index (κ2) is 10.5. The number of nitrogens with zero attached hydrogens (tertiary/aromatic N) is 4. The van der Waals surface area contributed by atoms with Crippen LogP contribution in [0.4, 0.5) is 13.2 Å². The number of alkyl halides is 3. The minimum absolute atomic E-state index is 0.0737. The van der Waals surface area contributed by atoms with E-state index in [4.69, 9.17) is 0 Å². The van der Waals surface area contributed by atoms with E-state index in [0.29, 0.717) is 31.1 Å². The van der Waals surface area contributed by atoms with Gasteiger partial charge in [0.2, 0.25) is 5.91 Å².